The van der Waals surface area contributed by atoms with Crippen molar-refractivity contribution in [3.8, 4) is 0 Å². The van der Waals surface area contributed by atoms with Crippen molar-refractivity contribution in [2.75, 3.05) is 0 Å². The highest BCUT2D eigenvalue weighted by Crippen LogP contribution is 2.30. The van der Waals surface area contributed by atoms with Crippen LogP contribution in [0.3, 0.4) is 0 Å². The molecule has 1 aliphatic rings. The maximum Gasteiger partial charge on any atom is 0.416 e. The molecule has 1 nitrogen and oxygen atoms in total. The number of nitrogens with one attached hydrogen (secondary N) is 1. The van der Waals surface area contributed by atoms with Gasteiger partial charge in [-0.05, 0) is 36.6 Å². The molecular formula is C13H13F4N. The molecular weight excluding hydrogens is 246 g/mol. The fraction of sp³-hybridized carbons (Fsp3) is 0.385. The first-order valence-corrected chi connectivity index (χ1v) is 5.70. The fourth-order valence-electron chi connectivity index (χ4n) is 1.96. The highest BCUT2D eigenvalue weighted by Gasteiger charge is 2.31. The molecule has 1 aromatic carbocycles. The van der Waals surface area contributed by atoms with Crippen molar-refractivity contribution in [1.29, 1.82) is 0 Å². The summed E-state index contributed by atoms with van der Waals surface area (Å²) in [5.74, 6) is -0.855. The zero-order valence-corrected chi connectivity index (χ0v) is 9.60. The van der Waals surface area contributed by atoms with Gasteiger partial charge in [0.2, 0.25) is 0 Å². The van der Waals surface area contributed by atoms with E-state index in [0.717, 1.165) is 25.0 Å². The fourth-order valence-corrected chi connectivity index (χ4v) is 1.96. The normalized spacial score (nSPS) is 16.4. The van der Waals surface area contributed by atoms with Crippen molar-refractivity contribution < 1.29 is 17.6 Å². The minimum Gasteiger partial charge on any atom is -0.309 e. The average molecular weight is 259 g/mol. The molecule has 0 saturated carbocycles. The van der Waals surface area contributed by atoms with Crippen LogP contribution in [-0.2, 0) is 12.7 Å². The van der Waals surface area contributed by atoms with Crippen LogP contribution in [0.1, 0.15) is 24.0 Å². The van der Waals surface area contributed by atoms with E-state index >= 15 is 0 Å². The van der Waals surface area contributed by atoms with Crippen LogP contribution in [0.4, 0.5) is 17.6 Å². The van der Waals surface area contributed by atoms with Gasteiger partial charge in [0.25, 0.3) is 0 Å². The Morgan fingerprint density at radius 3 is 2.39 bits per heavy atom. The lowest BCUT2D eigenvalue weighted by molar-refractivity contribution is -0.137. The summed E-state index contributed by atoms with van der Waals surface area (Å²) in [4.78, 5) is 0. The van der Waals surface area contributed by atoms with E-state index in [2.05, 4.69) is 5.32 Å². The van der Waals surface area contributed by atoms with Crippen LogP contribution in [0, 0.1) is 5.82 Å². The minimum absolute atomic E-state index is 0.239. The zero-order chi connectivity index (χ0) is 13.2. The van der Waals surface area contributed by atoms with Crippen LogP contribution in [0.2, 0.25) is 0 Å². The van der Waals surface area contributed by atoms with Crippen molar-refractivity contribution in [2.24, 2.45) is 0 Å². The minimum atomic E-state index is -4.51. The van der Waals surface area contributed by atoms with Gasteiger partial charge in [0.1, 0.15) is 5.82 Å². The van der Waals surface area contributed by atoms with Gasteiger partial charge in [0, 0.05) is 12.6 Å². The lowest BCUT2D eigenvalue weighted by Gasteiger charge is -2.13. The second-order valence-corrected chi connectivity index (χ2v) is 4.37. The van der Waals surface area contributed by atoms with Crippen molar-refractivity contribution in [3.63, 3.8) is 0 Å². The third-order valence-electron chi connectivity index (χ3n) is 2.89. The predicted octanol–water partition coefficient (Wildman–Crippen LogP) is 3.65. The van der Waals surface area contributed by atoms with E-state index in [1.54, 1.807) is 0 Å². The zero-order valence-electron chi connectivity index (χ0n) is 9.60. The van der Waals surface area contributed by atoms with Gasteiger partial charge in [-0.25, -0.2) is 4.39 Å². The molecule has 0 aliphatic heterocycles. The monoisotopic (exact) mass is 259 g/mol. The molecule has 0 saturated heterocycles. The Kier molecular flexibility index (Phi) is 3.71. The van der Waals surface area contributed by atoms with Gasteiger partial charge >= 0.3 is 6.18 Å². The Hall–Kier alpha value is -1.36. The number of hydrogen-bond donors (Lipinski definition) is 1. The van der Waals surface area contributed by atoms with E-state index in [0.29, 0.717) is 11.6 Å². The Balaban J connectivity index is 2.05. The summed E-state index contributed by atoms with van der Waals surface area (Å²) >= 11 is 0. The molecule has 0 bridgehead atoms. The molecule has 1 aliphatic carbocycles. The summed E-state index contributed by atoms with van der Waals surface area (Å²) in [6.45, 7) is 0.243. The van der Waals surface area contributed by atoms with Gasteiger partial charge in [-0.15, -0.1) is 0 Å². The summed E-state index contributed by atoms with van der Waals surface area (Å²) in [6.07, 6.45) is 1.25. The quantitative estimate of drug-likeness (QED) is 0.645. The number of benzene rings is 1. The molecule has 2 rings (SSSR count). The van der Waals surface area contributed by atoms with E-state index in [1.165, 1.54) is 0 Å². The SMILES string of the molecule is Fc1cc(CNC2CC=CC2)cc(C(F)(F)F)c1. The van der Waals surface area contributed by atoms with Gasteiger partial charge < -0.3 is 5.32 Å². The number of alkyl halides is 3. The molecule has 0 radical (unpaired) electrons. The van der Waals surface area contributed by atoms with Crippen LogP contribution < -0.4 is 5.32 Å². The molecule has 0 unspecified atom stereocenters. The van der Waals surface area contributed by atoms with Crippen molar-refractivity contribution in [1.82, 2.24) is 5.32 Å². The molecule has 0 aromatic heterocycles. The van der Waals surface area contributed by atoms with Crippen LogP contribution in [-0.4, -0.2) is 6.04 Å². The molecule has 5 heteroatoms. The highest BCUT2D eigenvalue weighted by atomic mass is 19.4. The molecule has 0 fully saturated rings. The van der Waals surface area contributed by atoms with E-state index in [9.17, 15) is 17.6 Å². The van der Waals surface area contributed by atoms with Gasteiger partial charge in [-0.3, -0.25) is 0 Å². The summed E-state index contributed by atoms with van der Waals surface area (Å²) in [5.41, 5.74) is -0.627. The number of halogens is 4. The van der Waals surface area contributed by atoms with Crippen molar-refractivity contribution >= 4 is 0 Å². The smallest absolute Gasteiger partial charge is 0.309 e. The van der Waals surface area contributed by atoms with E-state index in [1.807, 2.05) is 12.2 Å². The molecule has 18 heavy (non-hydrogen) atoms. The summed E-state index contributed by atoms with van der Waals surface area (Å²) in [5, 5.41) is 3.11. The van der Waals surface area contributed by atoms with Crippen molar-refractivity contribution in [2.45, 2.75) is 31.6 Å². The van der Waals surface area contributed by atoms with Gasteiger partial charge in [0.05, 0.1) is 5.56 Å². The van der Waals surface area contributed by atoms with Gasteiger partial charge in [0.15, 0.2) is 0 Å². The van der Waals surface area contributed by atoms with Crippen LogP contribution in [0.5, 0.6) is 0 Å². The van der Waals surface area contributed by atoms with Gasteiger partial charge in [-0.1, -0.05) is 12.2 Å². The lowest BCUT2D eigenvalue weighted by Crippen LogP contribution is -2.25. The maximum absolute atomic E-state index is 13.1. The summed E-state index contributed by atoms with van der Waals surface area (Å²) < 4.78 is 50.6. The molecule has 0 heterocycles. The Labute approximate surface area is 103 Å². The Morgan fingerprint density at radius 1 is 1.11 bits per heavy atom. The van der Waals surface area contributed by atoms with Crippen molar-refractivity contribution in [3.05, 3.63) is 47.3 Å². The molecule has 1 aromatic rings. The van der Waals surface area contributed by atoms with Gasteiger partial charge in [-0.2, -0.15) is 13.2 Å². The summed E-state index contributed by atoms with van der Waals surface area (Å²) in [6, 6.07) is 2.87. The van der Waals surface area contributed by atoms with E-state index in [-0.39, 0.29) is 12.6 Å². The first kappa shape index (κ1) is 13.1. The first-order valence-electron chi connectivity index (χ1n) is 5.70. The topological polar surface area (TPSA) is 12.0 Å². The second-order valence-electron chi connectivity index (χ2n) is 4.37. The lowest BCUT2D eigenvalue weighted by atomic mass is 10.1. The third-order valence-corrected chi connectivity index (χ3v) is 2.89. The molecule has 1 N–H and O–H groups in total. The molecule has 0 spiro atoms. The largest absolute Gasteiger partial charge is 0.416 e. The van der Waals surface area contributed by atoms with Crippen LogP contribution >= 0.6 is 0 Å². The molecule has 98 valence electrons. The average Bonchev–Trinajstić information content (AvgIpc) is 2.77. The number of rotatable bonds is 3. The highest BCUT2D eigenvalue weighted by molar-refractivity contribution is 5.26. The van der Waals surface area contributed by atoms with Crippen LogP contribution in [0.25, 0.3) is 0 Å². The number of hydrogen-bond acceptors (Lipinski definition) is 1. The second kappa shape index (κ2) is 5.10. The summed E-state index contributed by atoms with van der Waals surface area (Å²) in [7, 11) is 0. The molecule has 0 atom stereocenters. The predicted molar refractivity (Wildman–Crippen MR) is 60.4 cm³/mol. The Bertz CT molecular complexity index is 443. The van der Waals surface area contributed by atoms with E-state index in [4.69, 9.17) is 0 Å². The van der Waals surface area contributed by atoms with E-state index < -0.39 is 17.6 Å². The Morgan fingerprint density at radius 2 is 1.78 bits per heavy atom. The first-order chi connectivity index (χ1) is 8.45. The third kappa shape index (κ3) is 3.32. The van der Waals surface area contributed by atoms with Crippen LogP contribution in [0.15, 0.2) is 30.4 Å². The molecule has 0 amide bonds. The maximum atomic E-state index is 13.1. The standard InChI is InChI=1S/C13H13F4N/c14-11-6-9(5-10(7-11)13(15,16)17)8-18-12-3-1-2-4-12/h1-2,5-7,12,18H,3-4,8H2.